The van der Waals surface area contributed by atoms with E-state index >= 15 is 0 Å². The van der Waals surface area contributed by atoms with Gasteiger partial charge in [-0.25, -0.2) is 21.2 Å². The largest absolute Gasteiger partial charge is 0.298 e. The molecule has 24 heavy (non-hydrogen) atoms. The van der Waals surface area contributed by atoms with Crippen molar-refractivity contribution in [2.45, 2.75) is 36.0 Å². The first kappa shape index (κ1) is 17.8. The number of nitrogens with zero attached hydrogens (tertiary/aromatic N) is 1. The Morgan fingerprint density at radius 1 is 1.08 bits per heavy atom. The van der Waals surface area contributed by atoms with Crippen LogP contribution in [0.4, 0.5) is 4.39 Å². The molecule has 0 saturated carbocycles. The minimum absolute atomic E-state index is 0.0126. The normalized spacial score (nSPS) is 28.9. The van der Waals surface area contributed by atoms with Crippen LogP contribution in [0.25, 0.3) is 0 Å². The molecule has 134 valence electrons. The predicted octanol–water partition coefficient (Wildman–Crippen LogP) is 1.50. The molecular weight excluding hydrogens is 353 g/mol. The molecule has 0 amide bonds. The highest BCUT2D eigenvalue weighted by atomic mass is 32.2. The Morgan fingerprint density at radius 2 is 1.67 bits per heavy atom. The zero-order valence-corrected chi connectivity index (χ0v) is 15.2. The van der Waals surface area contributed by atoms with Gasteiger partial charge < -0.3 is 0 Å². The van der Waals surface area contributed by atoms with Gasteiger partial charge in [0.15, 0.2) is 19.7 Å². The maximum absolute atomic E-state index is 13.1. The van der Waals surface area contributed by atoms with Crippen LogP contribution < -0.4 is 0 Å². The highest BCUT2D eigenvalue weighted by Gasteiger charge is 2.48. The van der Waals surface area contributed by atoms with Crippen molar-refractivity contribution in [1.82, 2.24) is 4.90 Å². The fourth-order valence-corrected chi connectivity index (χ4v) is 8.42. The first-order chi connectivity index (χ1) is 11.2. The molecule has 2 aliphatic rings. The Kier molecular flexibility index (Phi) is 4.74. The summed E-state index contributed by atoms with van der Waals surface area (Å²) in [5, 5.41) is -0.985. The molecule has 0 radical (unpaired) electrons. The van der Waals surface area contributed by atoms with E-state index in [1.54, 1.807) is 0 Å². The minimum atomic E-state index is -3.83. The molecule has 2 heterocycles. The van der Waals surface area contributed by atoms with Gasteiger partial charge in [0.25, 0.3) is 0 Å². The molecule has 1 aromatic carbocycles. The maximum Gasteiger partial charge on any atom is 0.183 e. The second kappa shape index (κ2) is 6.38. The summed E-state index contributed by atoms with van der Waals surface area (Å²) < 4.78 is 63.2. The lowest BCUT2D eigenvalue weighted by Gasteiger charge is -2.36. The summed E-state index contributed by atoms with van der Waals surface area (Å²) in [4.78, 5) is 2.00. The topological polar surface area (TPSA) is 71.5 Å². The molecule has 0 aliphatic carbocycles. The molecule has 8 heteroatoms. The smallest absolute Gasteiger partial charge is 0.183 e. The standard InChI is InChI=1S/C16H22FNO4S2/c1-12-6-8-18(9-7-12)15-10-23(19,20)11-16(15)24(21,22)14-4-2-13(17)3-5-14/h2-5,12,15-16H,6-11H2,1H3/t15-,16-/m0/s1. The summed E-state index contributed by atoms with van der Waals surface area (Å²) in [6.07, 6.45) is 1.89. The summed E-state index contributed by atoms with van der Waals surface area (Å²) >= 11 is 0. The van der Waals surface area contributed by atoms with Crippen molar-refractivity contribution in [2.24, 2.45) is 5.92 Å². The zero-order valence-electron chi connectivity index (χ0n) is 13.6. The number of rotatable bonds is 3. The Morgan fingerprint density at radius 3 is 2.25 bits per heavy atom. The molecule has 3 rings (SSSR count). The lowest BCUT2D eigenvalue weighted by molar-refractivity contribution is 0.151. The van der Waals surface area contributed by atoms with E-state index < -0.39 is 36.8 Å². The number of piperidine rings is 1. The van der Waals surface area contributed by atoms with Crippen LogP contribution in [0.15, 0.2) is 29.2 Å². The lowest BCUT2D eigenvalue weighted by Crippen LogP contribution is -2.49. The molecule has 5 nitrogen and oxygen atoms in total. The lowest BCUT2D eigenvalue weighted by atomic mass is 9.98. The van der Waals surface area contributed by atoms with Gasteiger partial charge in [0.1, 0.15) is 5.82 Å². The maximum atomic E-state index is 13.1. The van der Waals surface area contributed by atoms with Crippen molar-refractivity contribution in [3.05, 3.63) is 30.1 Å². The fraction of sp³-hybridized carbons (Fsp3) is 0.625. The number of halogens is 1. The van der Waals surface area contributed by atoms with Gasteiger partial charge in [-0.2, -0.15) is 0 Å². The molecule has 0 bridgehead atoms. The number of likely N-dealkylation sites (tertiary alicyclic amines) is 1. The van der Waals surface area contributed by atoms with Crippen molar-refractivity contribution < 1.29 is 21.2 Å². The fourth-order valence-electron chi connectivity index (χ4n) is 3.59. The first-order valence-corrected chi connectivity index (χ1v) is 11.5. The van der Waals surface area contributed by atoms with Crippen LogP contribution in [0.3, 0.4) is 0 Å². The van der Waals surface area contributed by atoms with Gasteiger partial charge in [-0.15, -0.1) is 0 Å². The third-order valence-electron chi connectivity index (χ3n) is 5.10. The molecule has 0 spiro atoms. The summed E-state index contributed by atoms with van der Waals surface area (Å²) in [5.41, 5.74) is 0. The van der Waals surface area contributed by atoms with Crippen molar-refractivity contribution in [1.29, 1.82) is 0 Å². The van der Waals surface area contributed by atoms with E-state index in [-0.39, 0.29) is 16.4 Å². The van der Waals surface area contributed by atoms with Gasteiger partial charge in [-0.1, -0.05) is 6.92 Å². The van der Waals surface area contributed by atoms with Crippen molar-refractivity contribution in [2.75, 3.05) is 24.6 Å². The summed E-state index contributed by atoms with van der Waals surface area (Å²) in [6.45, 7) is 3.59. The van der Waals surface area contributed by atoms with Gasteiger partial charge in [-0.05, 0) is 56.1 Å². The van der Waals surface area contributed by atoms with E-state index in [0.29, 0.717) is 5.92 Å². The average Bonchev–Trinajstić information content (AvgIpc) is 2.85. The van der Waals surface area contributed by atoms with Crippen molar-refractivity contribution in [3.8, 4) is 0 Å². The minimum Gasteiger partial charge on any atom is -0.298 e. The van der Waals surface area contributed by atoms with Gasteiger partial charge in [-0.3, -0.25) is 4.90 Å². The number of sulfone groups is 2. The van der Waals surface area contributed by atoms with Crippen LogP contribution in [-0.4, -0.2) is 57.6 Å². The van der Waals surface area contributed by atoms with E-state index in [0.717, 1.165) is 38.1 Å². The van der Waals surface area contributed by atoms with Gasteiger partial charge in [0, 0.05) is 6.04 Å². The van der Waals surface area contributed by atoms with Gasteiger partial charge in [0.2, 0.25) is 0 Å². The van der Waals surface area contributed by atoms with Crippen LogP contribution in [0.2, 0.25) is 0 Å². The predicted molar refractivity (Wildman–Crippen MR) is 89.8 cm³/mol. The van der Waals surface area contributed by atoms with E-state index in [1.165, 1.54) is 12.1 Å². The second-order valence-corrected chi connectivity index (χ2v) is 11.2. The third-order valence-corrected chi connectivity index (χ3v) is 9.23. The summed E-state index contributed by atoms with van der Waals surface area (Å²) in [5.74, 6) is -0.420. The molecule has 1 aromatic rings. The van der Waals surface area contributed by atoms with Crippen LogP contribution in [0.5, 0.6) is 0 Å². The molecule has 2 atom stereocenters. The molecule has 2 aliphatic heterocycles. The van der Waals surface area contributed by atoms with E-state index in [1.807, 2.05) is 4.90 Å². The van der Waals surface area contributed by atoms with Crippen LogP contribution >= 0.6 is 0 Å². The monoisotopic (exact) mass is 375 g/mol. The van der Waals surface area contributed by atoms with Crippen LogP contribution in [0.1, 0.15) is 19.8 Å². The Bertz CT molecular complexity index is 797. The average molecular weight is 375 g/mol. The van der Waals surface area contributed by atoms with Crippen LogP contribution in [-0.2, 0) is 19.7 Å². The third kappa shape index (κ3) is 3.50. The Balaban J connectivity index is 1.92. The van der Waals surface area contributed by atoms with E-state index in [2.05, 4.69) is 6.92 Å². The highest BCUT2D eigenvalue weighted by molar-refractivity contribution is 7.96. The molecule has 2 saturated heterocycles. The van der Waals surface area contributed by atoms with E-state index in [9.17, 15) is 21.2 Å². The van der Waals surface area contributed by atoms with Gasteiger partial charge in [0.05, 0.1) is 21.7 Å². The zero-order chi connectivity index (χ0) is 17.5. The number of benzene rings is 1. The van der Waals surface area contributed by atoms with Crippen LogP contribution in [0, 0.1) is 11.7 Å². The van der Waals surface area contributed by atoms with Crippen molar-refractivity contribution in [3.63, 3.8) is 0 Å². The van der Waals surface area contributed by atoms with Gasteiger partial charge >= 0.3 is 0 Å². The first-order valence-electron chi connectivity index (χ1n) is 8.13. The SMILES string of the molecule is CC1CCN([C@H]2CS(=O)(=O)C[C@@H]2S(=O)(=O)c2ccc(F)cc2)CC1. The second-order valence-electron chi connectivity index (χ2n) is 6.90. The number of hydrogen-bond acceptors (Lipinski definition) is 5. The summed E-state index contributed by atoms with van der Waals surface area (Å²) in [7, 11) is -7.23. The molecular formula is C16H22FNO4S2. The highest BCUT2D eigenvalue weighted by Crippen LogP contribution is 2.31. The molecule has 0 aromatic heterocycles. The van der Waals surface area contributed by atoms with E-state index in [4.69, 9.17) is 0 Å². The molecule has 2 fully saturated rings. The summed E-state index contributed by atoms with van der Waals surface area (Å²) in [6, 6.07) is 4.09. The molecule has 0 N–H and O–H groups in total. The molecule has 0 unspecified atom stereocenters. The quantitative estimate of drug-likeness (QED) is 0.749. The Labute approximate surface area is 142 Å². The Hall–Kier alpha value is -0.990. The number of hydrogen-bond donors (Lipinski definition) is 0. The van der Waals surface area contributed by atoms with Crippen molar-refractivity contribution >= 4 is 19.7 Å².